The van der Waals surface area contributed by atoms with Crippen molar-refractivity contribution >= 4 is 17.8 Å². The molecule has 2 aliphatic rings. The number of thioether (sulfide) groups is 1. The maximum Gasteiger partial charge on any atom is 0.317 e. The summed E-state index contributed by atoms with van der Waals surface area (Å²) < 4.78 is 0. The van der Waals surface area contributed by atoms with E-state index in [9.17, 15) is 4.79 Å². The van der Waals surface area contributed by atoms with Crippen LogP contribution in [0.3, 0.4) is 0 Å². The van der Waals surface area contributed by atoms with Gasteiger partial charge in [0.25, 0.3) is 0 Å². The molecule has 0 radical (unpaired) electrons. The molecule has 12 heavy (non-hydrogen) atoms. The van der Waals surface area contributed by atoms with Gasteiger partial charge < -0.3 is 10.2 Å². The molecule has 0 spiro atoms. The minimum atomic E-state index is 0.127. The molecular weight excluding hydrogens is 172 g/mol. The Hall–Kier alpha value is -0.380. The van der Waals surface area contributed by atoms with Crippen molar-refractivity contribution in [3.05, 3.63) is 0 Å². The number of carbonyl (C=O) groups is 1. The third kappa shape index (κ3) is 1.68. The van der Waals surface area contributed by atoms with E-state index in [0.717, 1.165) is 19.6 Å². The molecule has 2 saturated heterocycles. The number of urea groups is 1. The highest BCUT2D eigenvalue weighted by molar-refractivity contribution is 8.00. The fraction of sp³-hybridized carbons (Fsp3) is 0.875. The quantitative estimate of drug-likeness (QED) is 0.695. The Morgan fingerprint density at radius 1 is 1.67 bits per heavy atom. The summed E-state index contributed by atoms with van der Waals surface area (Å²) in [6.07, 6.45) is 2.61. The largest absolute Gasteiger partial charge is 0.336 e. The van der Waals surface area contributed by atoms with Gasteiger partial charge in [-0.2, -0.15) is 11.8 Å². The lowest BCUT2D eigenvalue weighted by Gasteiger charge is -2.17. The number of amides is 2. The van der Waals surface area contributed by atoms with Crippen LogP contribution in [0.25, 0.3) is 0 Å². The summed E-state index contributed by atoms with van der Waals surface area (Å²) in [5.74, 6) is 1.28. The van der Waals surface area contributed by atoms with Gasteiger partial charge in [0, 0.05) is 24.9 Å². The Morgan fingerprint density at radius 3 is 3.17 bits per heavy atom. The van der Waals surface area contributed by atoms with Crippen LogP contribution in [0.1, 0.15) is 12.8 Å². The fourth-order valence-electron chi connectivity index (χ4n) is 1.72. The highest BCUT2D eigenvalue weighted by Crippen LogP contribution is 2.26. The molecule has 3 nitrogen and oxygen atoms in total. The predicted octanol–water partition coefficient (Wildman–Crippen LogP) is 0.907. The van der Waals surface area contributed by atoms with Crippen molar-refractivity contribution in [2.75, 3.05) is 25.4 Å². The Bertz CT molecular complexity index is 180. The van der Waals surface area contributed by atoms with Gasteiger partial charge in [-0.1, -0.05) is 0 Å². The van der Waals surface area contributed by atoms with E-state index < -0.39 is 0 Å². The molecule has 2 fully saturated rings. The van der Waals surface area contributed by atoms with E-state index in [1.807, 2.05) is 16.7 Å². The zero-order valence-corrected chi connectivity index (χ0v) is 7.90. The molecule has 2 aliphatic heterocycles. The summed E-state index contributed by atoms with van der Waals surface area (Å²) >= 11 is 2.01. The Balaban J connectivity index is 1.81. The van der Waals surface area contributed by atoms with Crippen molar-refractivity contribution in [3.8, 4) is 0 Å². The van der Waals surface area contributed by atoms with Crippen molar-refractivity contribution < 1.29 is 4.79 Å². The van der Waals surface area contributed by atoms with Crippen LogP contribution in [0.15, 0.2) is 0 Å². The molecule has 1 atom stereocenters. The van der Waals surface area contributed by atoms with Crippen LogP contribution in [-0.2, 0) is 0 Å². The maximum atomic E-state index is 11.2. The van der Waals surface area contributed by atoms with Gasteiger partial charge in [0.15, 0.2) is 0 Å². The number of nitrogens with one attached hydrogen (secondary N) is 1. The number of nitrogens with zero attached hydrogens (tertiary/aromatic N) is 1. The summed E-state index contributed by atoms with van der Waals surface area (Å²) in [6, 6.07) is 0.127. The Kier molecular flexibility index (Phi) is 2.44. The first kappa shape index (κ1) is 8.23. The highest BCUT2D eigenvalue weighted by Gasteiger charge is 2.24. The van der Waals surface area contributed by atoms with Gasteiger partial charge >= 0.3 is 6.03 Å². The standard InChI is InChI=1S/C8H14N2OS/c11-8-9-3-4-10(8)6-7-2-1-5-12-7/h7H,1-6H2,(H,9,11). The third-order valence-corrected chi connectivity index (χ3v) is 3.77. The van der Waals surface area contributed by atoms with Gasteiger partial charge in [0.05, 0.1) is 0 Å². The first-order valence-corrected chi connectivity index (χ1v) is 5.55. The van der Waals surface area contributed by atoms with Gasteiger partial charge in [-0.05, 0) is 18.6 Å². The van der Waals surface area contributed by atoms with Crippen molar-refractivity contribution in [3.63, 3.8) is 0 Å². The molecule has 1 N–H and O–H groups in total. The van der Waals surface area contributed by atoms with E-state index in [4.69, 9.17) is 0 Å². The van der Waals surface area contributed by atoms with Crippen LogP contribution in [-0.4, -0.2) is 41.6 Å². The summed E-state index contributed by atoms with van der Waals surface area (Å²) in [5, 5.41) is 3.52. The van der Waals surface area contributed by atoms with Crippen molar-refractivity contribution in [2.45, 2.75) is 18.1 Å². The lowest BCUT2D eigenvalue weighted by molar-refractivity contribution is 0.217. The zero-order valence-electron chi connectivity index (χ0n) is 7.08. The monoisotopic (exact) mass is 186 g/mol. The van der Waals surface area contributed by atoms with Crippen molar-refractivity contribution in [2.24, 2.45) is 0 Å². The minimum absolute atomic E-state index is 0.127. The molecule has 1 unspecified atom stereocenters. The normalized spacial score (nSPS) is 29.5. The first-order valence-electron chi connectivity index (χ1n) is 4.50. The van der Waals surface area contributed by atoms with Gasteiger partial charge in [-0.15, -0.1) is 0 Å². The van der Waals surface area contributed by atoms with E-state index in [0.29, 0.717) is 5.25 Å². The average Bonchev–Trinajstić information content (AvgIpc) is 2.65. The number of hydrogen-bond donors (Lipinski definition) is 1. The second-order valence-electron chi connectivity index (χ2n) is 3.31. The van der Waals surface area contributed by atoms with Gasteiger partial charge in [0.1, 0.15) is 0 Å². The molecule has 68 valence electrons. The molecule has 0 aromatic heterocycles. The van der Waals surface area contributed by atoms with Crippen molar-refractivity contribution in [1.82, 2.24) is 10.2 Å². The minimum Gasteiger partial charge on any atom is -0.336 e. The van der Waals surface area contributed by atoms with Crippen LogP contribution in [0.5, 0.6) is 0 Å². The Labute approximate surface area is 76.9 Å². The lowest BCUT2D eigenvalue weighted by atomic mass is 10.2. The summed E-state index contributed by atoms with van der Waals surface area (Å²) in [4.78, 5) is 13.1. The summed E-state index contributed by atoms with van der Waals surface area (Å²) in [5.41, 5.74) is 0. The molecule has 0 aromatic rings. The lowest BCUT2D eigenvalue weighted by Crippen LogP contribution is -2.33. The molecule has 2 amide bonds. The molecule has 2 rings (SSSR count). The average molecular weight is 186 g/mol. The molecule has 0 bridgehead atoms. The van der Waals surface area contributed by atoms with Crippen LogP contribution in [0.4, 0.5) is 4.79 Å². The maximum absolute atomic E-state index is 11.2. The number of carbonyl (C=O) groups excluding carboxylic acids is 1. The number of hydrogen-bond acceptors (Lipinski definition) is 2. The van der Waals surface area contributed by atoms with Gasteiger partial charge in [0.2, 0.25) is 0 Å². The van der Waals surface area contributed by atoms with E-state index in [-0.39, 0.29) is 6.03 Å². The SMILES string of the molecule is O=C1NCCN1CC1CCCS1. The first-order chi connectivity index (χ1) is 5.86. The zero-order chi connectivity index (χ0) is 8.39. The molecule has 4 heteroatoms. The van der Waals surface area contributed by atoms with Gasteiger partial charge in [-0.25, -0.2) is 4.79 Å². The van der Waals surface area contributed by atoms with E-state index in [2.05, 4.69) is 5.32 Å². The second kappa shape index (κ2) is 3.56. The molecule has 0 aromatic carbocycles. The van der Waals surface area contributed by atoms with Gasteiger partial charge in [-0.3, -0.25) is 0 Å². The molecular formula is C8H14N2OS. The van der Waals surface area contributed by atoms with Crippen LogP contribution in [0.2, 0.25) is 0 Å². The smallest absolute Gasteiger partial charge is 0.317 e. The molecule has 2 heterocycles. The van der Waals surface area contributed by atoms with Crippen LogP contribution < -0.4 is 5.32 Å². The summed E-state index contributed by atoms with van der Waals surface area (Å²) in [6.45, 7) is 2.68. The van der Waals surface area contributed by atoms with E-state index >= 15 is 0 Å². The summed E-state index contributed by atoms with van der Waals surface area (Å²) in [7, 11) is 0. The second-order valence-corrected chi connectivity index (χ2v) is 4.72. The topological polar surface area (TPSA) is 32.3 Å². The van der Waals surface area contributed by atoms with Crippen LogP contribution >= 0.6 is 11.8 Å². The molecule has 0 aliphatic carbocycles. The van der Waals surface area contributed by atoms with E-state index in [1.165, 1.54) is 18.6 Å². The predicted molar refractivity (Wildman–Crippen MR) is 50.5 cm³/mol. The van der Waals surface area contributed by atoms with E-state index in [1.54, 1.807) is 0 Å². The molecule has 0 saturated carbocycles. The van der Waals surface area contributed by atoms with Crippen molar-refractivity contribution in [1.29, 1.82) is 0 Å². The highest BCUT2D eigenvalue weighted by atomic mass is 32.2. The fourth-order valence-corrected chi connectivity index (χ4v) is 3.00. The number of rotatable bonds is 2. The Morgan fingerprint density at radius 2 is 2.58 bits per heavy atom. The third-order valence-electron chi connectivity index (χ3n) is 2.39. The van der Waals surface area contributed by atoms with Crippen LogP contribution in [0, 0.1) is 0 Å².